The van der Waals surface area contributed by atoms with Crippen LogP contribution in [-0.2, 0) is 16.0 Å². The number of hydrogen-bond donors (Lipinski definition) is 1. The Morgan fingerprint density at radius 2 is 1.95 bits per heavy atom. The second kappa shape index (κ2) is 8.69. The highest BCUT2D eigenvalue weighted by Crippen LogP contribution is 2.09. The number of carbonyl (C=O) groups is 1. The summed E-state index contributed by atoms with van der Waals surface area (Å²) in [6, 6.07) is 6.41. The van der Waals surface area contributed by atoms with Crippen molar-refractivity contribution in [3.8, 4) is 0 Å². The first kappa shape index (κ1) is 16.6. The summed E-state index contributed by atoms with van der Waals surface area (Å²) in [5.41, 5.74) is 1.01. The fourth-order valence-electron chi connectivity index (χ4n) is 1.94. The molecule has 0 amide bonds. The van der Waals surface area contributed by atoms with Gasteiger partial charge >= 0.3 is 5.97 Å². The smallest absolute Gasteiger partial charge is 0.307 e. The molecular formula is C16H24FNO2. The van der Waals surface area contributed by atoms with Crippen LogP contribution in [0.3, 0.4) is 0 Å². The fraction of sp³-hybridized carbons (Fsp3) is 0.562. The molecule has 0 bridgehead atoms. The van der Waals surface area contributed by atoms with E-state index in [2.05, 4.69) is 19.2 Å². The summed E-state index contributed by atoms with van der Waals surface area (Å²) in [5, 5.41) is 3.38. The van der Waals surface area contributed by atoms with E-state index in [1.165, 1.54) is 12.1 Å². The summed E-state index contributed by atoms with van der Waals surface area (Å²) < 4.78 is 17.9. The molecule has 0 aliphatic rings. The van der Waals surface area contributed by atoms with Crippen LogP contribution in [0.25, 0.3) is 0 Å². The van der Waals surface area contributed by atoms with Gasteiger partial charge in [-0.25, -0.2) is 4.39 Å². The second-order valence-corrected chi connectivity index (χ2v) is 5.34. The van der Waals surface area contributed by atoms with Crippen molar-refractivity contribution in [3.05, 3.63) is 35.6 Å². The van der Waals surface area contributed by atoms with E-state index < -0.39 is 0 Å². The monoisotopic (exact) mass is 281 g/mol. The van der Waals surface area contributed by atoms with E-state index in [4.69, 9.17) is 4.74 Å². The maximum absolute atomic E-state index is 12.9. The number of halogens is 1. The van der Waals surface area contributed by atoms with Crippen molar-refractivity contribution >= 4 is 5.97 Å². The molecule has 1 aromatic carbocycles. The van der Waals surface area contributed by atoms with Crippen molar-refractivity contribution < 1.29 is 13.9 Å². The van der Waals surface area contributed by atoms with Gasteiger partial charge in [-0.15, -0.1) is 0 Å². The lowest BCUT2D eigenvalue weighted by Crippen LogP contribution is -2.36. The minimum Gasteiger partial charge on any atom is -0.466 e. The van der Waals surface area contributed by atoms with Crippen LogP contribution in [0, 0.1) is 11.7 Å². The largest absolute Gasteiger partial charge is 0.466 e. The summed E-state index contributed by atoms with van der Waals surface area (Å²) in [5.74, 6) is 0.0645. The van der Waals surface area contributed by atoms with Gasteiger partial charge in [-0.3, -0.25) is 4.79 Å². The minimum atomic E-state index is -0.245. The molecule has 0 aromatic heterocycles. The average Bonchev–Trinajstić information content (AvgIpc) is 2.39. The highest BCUT2D eigenvalue weighted by molar-refractivity contribution is 5.70. The number of hydrogen-bond acceptors (Lipinski definition) is 3. The van der Waals surface area contributed by atoms with Crippen molar-refractivity contribution in [1.82, 2.24) is 5.32 Å². The quantitative estimate of drug-likeness (QED) is 0.745. The standard InChI is InChI=1S/C16H24FNO2/c1-4-20-16(19)10-15(18-11-12(2)3)9-13-5-7-14(17)8-6-13/h5-8,12,15,18H,4,9-11H2,1-3H3. The first-order valence-corrected chi connectivity index (χ1v) is 7.14. The first-order valence-electron chi connectivity index (χ1n) is 7.14. The molecule has 0 saturated carbocycles. The van der Waals surface area contributed by atoms with Gasteiger partial charge in [-0.2, -0.15) is 0 Å². The van der Waals surface area contributed by atoms with E-state index in [0.717, 1.165) is 12.1 Å². The van der Waals surface area contributed by atoms with Crippen LogP contribution in [0.4, 0.5) is 4.39 Å². The van der Waals surface area contributed by atoms with E-state index in [1.54, 1.807) is 19.1 Å². The Morgan fingerprint density at radius 1 is 1.30 bits per heavy atom. The van der Waals surface area contributed by atoms with E-state index in [1.807, 2.05) is 0 Å². The molecule has 0 aliphatic heterocycles. The molecule has 1 N–H and O–H groups in total. The maximum atomic E-state index is 12.9. The first-order chi connectivity index (χ1) is 9.51. The predicted octanol–water partition coefficient (Wildman–Crippen LogP) is 2.94. The van der Waals surface area contributed by atoms with Gasteiger partial charge in [0.2, 0.25) is 0 Å². The SMILES string of the molecule is CCOC(=O)CC(Cc1ccc(F)cc1)NCC(C)C. The predicted molar refractivity (Wildman–Crippen MR) is 78.0 cm³/mol. The highest BCUT2D eigenvalue weighted by Gasteiger charge is 2.15. The molecule has 0 aliphatic carbocycles. The lowest BCUT2D eigenvalue weighted by atomic mass is 10.0. The molecule has 20 heavy (non-hydrogen) atoms. The molecule has 112 valence electrons. The van der Waals surface area contributed by atoms with Crippen LogP contribution in [0.5, 0.6) is 0 Å². The normalized spacial score (nSPS) is 12.4. The molecule has 1 rings (SSSR count). The molecule has 4 heteroatoms. The van der Waals surface area contributed by atoms with Crippen LogP contribution in [0.1, 0.15) is 32.8 Å². The average molecular weight is 281 g/mol. The third-order valence-electron chi connectivity index (χ3n) is 2.93. The molecule has 0 heterocycles. The summed E-state index contributed by atoms with van der Waals surface area (Å²) in [6.07, 6.45) is 1.02. The molecule has 0 fully saturated rings. The van der Waals surface area contributed by atoms with E-state index in [0.29, 0.717) is 25.4 Å². The summed E-state index contributed by atoms with van der Waals surface area (Å²) in [4.78, 5) is 11.6. The zero-order valence-corrected chi connectivity index (χ0v) is 12.5. The van der Waals surface area contributed by atoms with Crippen LogP contribution in [-0.4, -0.2) is 25.2 Å². The molecule has 0 radical (unpaired) electrons. The van der Waals surface area contributed by atoms with Gasteiger partial charge in [0.15, 0.2) is 0 Å². The van der Waals surface area contributed by atoms with Crippen LogP contribution >= 0.6 is 0 Å². The van der Waals surface area contributed by atoms with Crippen LogP contribution < -0.4 is 5.32 Å². The number of esters is 1. The minimum absolute atomic E-state index is 0.0157. The second-order valence-electron chi connectivity index (χ2n) is 5.34. The Hall–Kier alpha value is -1.42. The number of rotatable bonds is 8. The van der Waals surface area contributed by atoms with Crippen molar-refractivity contribution in [3.63, 3.8) is 0 Å². The number of carbonyl (C=O) groups excluding carboxylic acids is 1. The van der Waals surface area contributed by atoms with Crippen LogP contribution in [0.15, 0.2) is 24.3 Å². The third kappa shape index (κ3) is 6.66. The maximum Gasteiger partial charge on any atom is 0.307 e. The Balaban J connectivity index is 2.60. The van der Waals surface area contributed by atoms with Gasteiger partial charge in [-0.05, 0) is 43.5 Å². The summed E-state index contributed by atoms with van der Waals surface area (Å²) in [6.45, 7) is 7.27. The topological polar surface area (TPSA) is 38.3 Å². The van der Waals surface area contributed by atoms with E-state index in [9.17, 15) is 9.18 Å². The Labute approximate surface area is 120 Å². The van der Waals surface area contributed by atoms with Crippen molar-refractivity contribution in [1.29, 1.82) is 0 Å². The molecule has 1 unspecified atom stereocenters. The molecule has 1 atom stereocenters. The molecule has 1 aromatic rings. The van der Waals surface area contributed by atoms with Gasteiger partial charge in [0.05, 0.1) is 13.0 Å². The molecule has 0 spiro atoms. The van der Waals surface area contributed by atoms with Gasteiger partial charge in [0.1, 0.15) is 5.82 Å². The van der Waals surface area contributed by atoms with Crippen molar-refractivity contribution in [2.75, 3.05) is 13.2 Å². The van der Waals surface area contributed by atoms with Crippen LogP contribution in [0.2, 0.25) is 0 Å². The number of ether oxygens (including phenoxy) is 1. The fourth-order valence-corrected chi connectivity index (χ4v) is 1.94. The van der Waals surface area contributed by atoms with Gasteiger partial charge in [0, 0.05) is 6.04 Å². The summed E-state index contributed by atoms with van der Waals surface area (Å²) >= 11 is 0. The Kier molecular flexibility index (Phi) is 7.23. The lowest BCUT2D eigenvalue weighted by molar-refractivity contribution is -0.143. The van der Waals surface area contributed by atoms with E-state index >= 15 is 0 Å². The lowest BCUT2D eigenvalue weighted by Gasteiger charge is -2.19. The molecule has 0 saturated heterocycles. The third-order valence-corrected chi connectivity index (χ3v) is 2.93. The number of nitrogens with one attached hydrogen (secondary N) is 1. The zero-order valence-electron chi connectivity index (χ0n) is 12.5. The zero-order chi connectivity index (χ0) is 15.0. The van der Waals surface area contributed by atoms with Gasteiger partial charge in [-0.1, -0.05) is 26.0 Å². The number of benzene rings is 1. The van der Waals surface area contributed by atoms with Crippen molar-refractivity contribution in [2.24, 2.45) is 5.92 Å². The summed E-state index contributed by atoms with van der Waals surface area (Å²) in [7, 11) is 0. The molecular weight excluding hydrogens is 257 g/mol. The van der Waals surface area contributed by atoms with Gasteiger partial charge in [0.25, 0.3) is 0 Å². The Morgan fingerprint density at radius 3 is 2.50 bits per heavy atom. The highest BCUT2D eigenvalue weighted by atomic mass is 19.1. The van der Waals surface area contributed by atoms with E-state index in [-0.39, 0.29) is 17.8 Å². The van der Waals surface area contributed by atoms with Gasteiger partial charge < -0.3 is 10.1 Å². The van der Waals surface area contributed by atoms with Crippen molar-refractivity contribution in [2.45, 2.75) is 39.7 Å². The molecule has 3 nitrogen and oxygen atoms in total. The Bertz CT molecular complexity index is 403.